The third-order valence-electron chi connectivity index (χ3n) is 3.23. The number of H-pyrrole nitrogens is 2. The fraction of sp³-hybridized carbons (Fsp3) is 0. The molecule has 4 nitrogen and oxygen atoms in total. The Bertz CT molecular complexity index is 949. The van der Waals surface area contributed by atoms with E-state index in [0.717, 1.165) is 32.7 Å². The molecule has 2 heterocycles. The van der Waals surface area contributed by atoms with Crippen molar-refractivity contribution in [2.24, 2.45) is 0 Å². The lowest BCUT2D eigenvalue weighted by atomic mass is 10.1. The molecule has 0 aliphatic carbocycles. The van der Waals surface area contributed by atoms with Crippen LogP contribution >= 0.6 is 0 Å². The number of aromatic nitrogens is 3. The van der Waals surface area contributed by atoms with Crippen molar-refractivity contribution < 1.29 is 0 Å². The molecule has 0 atom stereocenters. The quantitative estimate of drug-likeness (QED) is 0.492. The number of rotatable bonds is 0. The van der Waals surface area contributed by atoms with Gasteiger partial charge >= 0.3 is 5.69 Å². The van der Waals surface area contributed by atoms with Crippen LogP contribution in [0.3, 0.4) is 0 Å². The van der Waals surface area contributed by atoms with Crippen molar-refractivity contribution in [2.75, 3.05) is 0 Å². The third kappa shape index (κ3) is 1.14. The zero-order valence-corrected chi connectivity index (χ0v) is 9.40. The van der Waals surface area contributed by atoms with Crippen molar-refractivity contribution in [3.8, 4) is 0 Å². The van der Waals surface area contributed by atoms with Crippen LogP contribution in [0, 0.1) is 0 Å². The standard InChI is InChI=1S/C14H9N3O/c18-14-15-7-8-5-6-10-9-3-1-2-4-11(9)16-13(10)12(8)17-14/h1-7H,(H2,15,17,18). The molecule has 4 heteroatoms. The van der Waals surface area contributed by atoms with E-state index >= 15 is 0 Å². The lowest BCUT2D eigenvalue weighted by molar-refractivity contribution is 1.12. The van der Waals surface area contributed by atoms with E-state index in [9.17, 15) is 4.79 Å². The molecule has 0 aliphatic rings. The van der Waals surface area contributed by atoms with E-state index in [2.05, 4.69) is 15.0 Å². The number of aromatic amines is 2. The summed E-state index contributed by atoms with van der Waals surface area (Å²) in [7, 11) is 0. The van der Waals surface area contributed by atoms with E-state index in [0.29, 0.717) is 0 Å². The molecule has 2 aromatic carbocycles. The van der Waals surface area contributed by atoms with Gasteiger partial charge in [0.15, 0.2) is 0 Å². The summed E-state index contributed by atoms with van der Waals surface area (Å²) in [6, 6.07) is 12.0. The number of nitrogens with zero attached hydrogens (tertiary/aromatic N) is 1. The average Bonchev–Trinajstić information content (AvgIpc) is 2.78. The first-order valence-corrected chi connectivity index (χ1v) is 5.72. The number of hydrogen-bond donors (Lipinski definition) is 2. The molecule has 0 amide bonds. The van der Waals surface area contributed by atoms with Crippen molar-refractivity contribution in [3.05, 3.63) is 53.1 Å². The van der Waals surface area contributed by atoms with E-state index < -0.39 is 0 Å². The Morgan fingerprint density at radius 3 is 2.83 bits per heavy atom. The van der Waals surface area contributed by atoms with Crippen molar-refractivity contribution in [3.63, 3.8) is 0 Å². The second-order valence-electron chi connectivity index (χ2n) is 4.30. The molecule has 0 bridgehead atoms. The molecular formula is C14H9N3O. The SMILES string of the molecule is O=c1[nH]cc2ccc3c4ccccc4nc3c2[nH]1. The summed E-state index contributed by atoms with van der Waals surface area (Å²) in [4.78, 5) is 21.5. The minimum atomic E-state index is -0.220. The number of hydrogen-bond acceptors (Lipinski definition) is 2. The Hall–Kier alpha value is -2.62. The van der Waals surface area contributed by atoms with Gasteiger partial charge in [-0.2, -0.15) is 0 Å². The molecule has 0 unspecified atom stereocenters. The first-order chi connectivity index (χ1) is 8.83. The monoisotopic (exact) mass is 235 g/mol. The highest BCUT2D eigenvalue weighted by atomic mass is 16.1. The van der Waals surface area contributed by atoms with Crippen molar-refractivity contribution in [1.29, 1.82) is 0 Å². The van der Waals surface area contributed by atoms with Crippen LogP contribution in [0.5, 0.6) is 0 Å². The summed E-state index contributed by atoms with van der Waals surface area (Å²) in [6.45, 7) is 0. The smallest absolute Gasteiger partial charge is 0.314 e. The molecule has 86 valence electrons. The number of nitrogens with one attached hydrogen (secondary N) is 2. The second kappa shape index (κ2) is 3.20. The Morgan fingerprint density at radius 1 is 1.00 bits per heavy atom. The molecular weight excluding hydrogens is 226 g/mol. The Balaban J connectivity index is 2.34. The topological polar surface area (TPSA) is 61.5 Å². The largest absolute Gasteiger partial charge is 0.323 e. The van der Waals surface area contributed by atoms with E-state index in [-0.39, 0.29) is 5.69 Å². The van der Waals surface area contributed by atoms with Gasteiger partial charge in [0, 0.05) is 22.4 Å². The molecule has 0 spiro atoms. The maximum Gasteiger partial charge on any atom is 0.323 e. The first-order valence-electron chi connectivity index (χ1n) is 5.72. The van der Waals surface area contributed by atoms with E-state index in [4.69, 9.17) is 0 Å². The van der Waals surface area contributed by atoms with Crippen LogP contribution < -0.4 is 5.69 Å². The van der Waals surface area contributed by atoms with Crippen LogP contribution in [0.2, 0.25) is 0 Å². The molecule has 0 saturated carbocycles. The fourth-order valence-electron chi connectivity index (χ4n) is 2.40. The van der Waals surface area contributed by atoms with Gasteiger partial charge in [-0.3, -0.25) is 0 Å². The van der Waals surface area contributed by atoms with E-state index in [1.54, 1.807) is 6.20 Å². The van der Waals surface area contributed by atoms with Crippen molar-refractivity contribution in [1.82, 2.24) is 15.0 Å². The molecule has 4 aromatic rings. The van der Waals surface area contributed by atoms with Gasteiger partial charge in [-0.15, -0.1) is 0 Å². The van der Waals surface area contributed by atoms with Gasteiger partial charge in [-0.05, 0) is 6.07 Å². The highest BCUT2D eigenvalue weighted by Gasteiger charge is 2.08. The number of fused-ring (bicyclic) bond motifs is 5. The summed E-state index contributed by atoms with van der Waals surface area (Å²) < 4.78 is 0. The Labute approximate surface area is 101 Å². The summed E-state index contributed by atoms with van der Waals surface area (Å²) in [6.07, 6.45) is 1.70. The average molecular weight is 235 g/mol. The molecule has 0 fully saturated rings. The summed E-state index contributed by atoms with van der Waals surface area (Å²) in [5.41, 5.74) is 2.36. The highest BCUT2D eigenvalue weighted by Crippen LogP contribution is 2.29. The maximum atomic E-state index is 11.4. The first kappa shape index (κ1) is 9.41. The van der Waals surface area contributed by atoms with Gasteiger partial charge in [-0.1, -0.05) is 30.3 Å². The summed E-state index contributed by atoms with van der Waals surface area (Å²) >= 11 is 0. The maximum absolute atomic E-state index is 11.4. The summed E-state index contributed by atoms with van der Waals surface area (Å²) in [5.74, 6) is 0. The van der Waals surface area contributed by atoms with Crippen LogP contribution in [0.4, 0.5) is 0 Å². The van der Waals surface area contributed by atoms with Crippen molar-refractivity contribution >= 4 is 32.7 Å². The molecule has 2 aromatic heterocycles. The number of para-hydroxylation sites is 1. The molecule has 0 saturated heterocycles. The zero-order chi connectivity index (χ0) is 12.1. The minimum Gasteiger partial charge on any atom is -0.314 e. The van der Waals surface area contributed by atoms with Crippen LogP contribution in [0.25, 0.3) is 32.7 Å². The van der Waals surface area contributed by atoms with Gasteiger partial charge < -0.3 is 9.97 Å². The minimum absolute atomic E-state index is 0.220. The van der Waals surface area contributed by atoms with Gasteiger partial charge in [0.05, 0.1) is 16.6 Å². The predicted molar refractivity (Wildman–Crippen MR) is 71.7 cm³/mol. The summed E-state index contributed by atoms with van der Waals surface area (Å²) in [5, 5.41) is 3.13. The number of benzene rings is 2. The Kier molecular flexibility index (Phi) is 1.67. The molecule has 0 radical (unpaired) electrons. The van der Waals surface area contributed by atoms with Crippen LogP contribution in [-0.4, -0.2) is 15.0 Å². The second-order valence-corrected chi connectivity index (χ2v) is 4.30. The van der Waals surface area contributed by atoms with Gasteiger partial charge in [0.1, 0.15) is 0 Å². The van der Waals surface area contributed by atoms with E-state index in [1.165, 1.54) is 0 Å². The molecule has 4 rings (SSSR count). The lowest BCUT2D eigenvalue weighted by Gasteiger charge is -1.98. The third-order valence-corrected chi connectivity index (χ3v) is 3.23. The molecule has 18 heavy (non-hydrogen) atoms. The van der Waals surface area contributed by atoms with Gasteiger partial charge in [0.2, 0.25) is 0 Å². The Morgan fingerprint density at radius 2 is 1.89 bits per heavy atom. The zero-order valence-electron chi connectivity index (χ0n) is 9.40. The fourth-order valence-corrected chi connectivity index (χ4v) is 2.40. The van der Waals surface area contributed by atoms with Gasteiger partial charge in [0.25, 0.3) is 0 Å². The lowest BCUT2D eigenvalue weighted by Crippen LogP contribution is -2.08. The highest BCUT2D eigenvalue weighted by molar-refractivity contribution is 6.15. The molecule has 2 N–H and O–H groups in total. The van der Waals surface area contributed by atoms with Gasteiger partial charge in [-0.25, -0.2) is 9.78 Å². The van der Waals surface area contributed by atoms with Crippen LogP contribution in [-0.2, 0) is 0 Å². The van der Waals surface area contributed by atoms with E-state index in [1.807, 2.05) is 36.4 Å². The van der Waals surface area contributed by atoms with Crippen LogP contribution in [0.1, 0.15) is 0 Å². The molecule has 0 aliphatic heterocycles. The van der Waals surface area contributed by atoms with Crippen molar-refractivity contribution in [2.45, 2.75) is 0 Å². The normalized spacial score (nSPS) is 11.6. The van der Waals surface area contributed by atoms with Crippen LogP contribution in [0.15, 0.2) is 47.4 Å². The predicted octanol–water partition coefficient (Wildman–Crippen LogP) is 2.56.